The van der Waals surface area contributed by atoms with E-state index in [2.05, 4.69) is 5.32 Å². The van der Waals surface area contributed by atoms with Gasteiger partial charge in [-0.15, -0.1) is 0 Å². The minimum Gasteiger partial charge on any atom is -0.493 e. The van der Waals surface area contributed by atoms with Crippen LogP contribution in [-0.4, -0.2) is 34.7 Å². The van der Waals surface area contributed by atoms with Gasteiger partial charge >= 0.3 is 0 Å². The largest absolute Gasteiger partial charge is 0.493 e. The molecular formula is C28H27N5O3. The summed E-state index contributed by atoms with van der Waals surface area (Å²) in [4.78, 5) is 22.9. The van der Waals surface area contributed by atoms with Gasteiger partial charge in [0.25, 0.3) is 5.91 Å². The van der Waals surface area contributed by atoms with E-state index >= 15 is 0 Å². The molecule has 0 unspecified atom stereocenters. The summed E-state index contributed by atoms with van der Waals surface area (Å²) >= 11 is 0. The third-order valence-corrected chi connectivity index (χ3v) is 6.19. The van der Waals surface area contributed by atoms with Crippen molar-refractivity contribution in [2.75, 3.05) is 20.0 Å². The Bertz CT molecular complexity index is 1550. The van der Waals surface area contributed by atoms with Crippen LogP contribution in [0.3, 0.4) is 0 Å². The van der Waals surface area contributed by atoms with Crippen molar-refractivity contribution in [3.8, 4) is 11.5 Å². The molecule has 0 fully saturated rings. The topological polar surface area (TPSA) is 104 Å². The quantitative estimate of drug-likeness (QED) is 0.341. The van der Waals surface area contributed by atoms with Crippen molar-refractivity contribution in [1.29, 1.82) is 0 Å². The lowest BCUT2D eigenvalue weighted by molar-refractivity contribution is 0.0953. The lowest BCUT2D eigenvalue weighted by Crippen LogP contribution is -2.24. The minimum absolute atomic E-state index is 0.282. The normalized spacial score (nSPS) is 11.1. The van der Waals surface area contributed by atoms with Gasteiger partial charge in [0.05, 0.1) is 25.3 Å². The van der Waals surface area contributed by atoms with E-state index in [1.54, 1.807) is 14.2 Å². The number of nitrogen functional groups attached to an aromatic ring is 1. The molecule has 1 amide bonds. The Kier molecular flexibility index (Phi) is 6.40. The molecule has 36 heavy (non-hydrogen) atoms. The first-order valence-electron chi connectivity index (χ1n) is 11.7. The van der Waals surface area contributed by atoms with Crippen LogP contribution in [-0.2, 0) is 19.5 Å². The van der Waals surface area contributed by atoms with E-state index < -0.39 is 0 Å². The van der Waals surface area contributed by atoms with Gasteiger partial charge < -0.3 is 25.1 Å². The maximum absolute atomic E-state index is 13.3. The number of hydrogen-bond donors (Lipinski definition) is 2. The number of hydrogen-bond acceptors (Lipinski definition) is 6. The van der Waals surface area contributed by atoms with Crippen molar-refractivity contribution in [3.63, 3.8) is 0 Å². The molecule has 8 heteroatoms. The van der Waals surface area contributed by atoms with Crippen LogP contribution >= 0.6 is 0 Å². The van der Waals surface area contributed by atoms with Crippen LogP contribution in [0.15, 0.2) is 72.8 Å². The Morgan fingerprint density at radius 1 is 0.889 bits per heavy atom. The molecule has 0 aliphatic rings. The summed E-state index contributed by atoms with van der Waals surface area (Å²) in [5, 5.41) is 2.98. The Morgan fingerprint density at radius 3 is 2.31 bits per heavy atom. The first-order chi connectivity index (χ1) is 17.6. The predicted molar refractivity (Wildman–Crippen MR) is 140 cm³/mol. The summed E-state index contributed by atoms with van der Waals surface area (Å²) in [5.41, 5.74) is 11.5. The fourth-order valence-electron chi connectivity index (χ4n) is 4.31. The molecule has 0 bridgehead atoms. The molecule has 3 N–H and O–H groups in total. The summed E-state index contributed by atoms with van der Waals surface area (Å²) in [6, 6.07) is 23.1. The molecule has 8 nitrogen and oxygen atoms in total. The van der Waals surface area contributed by atoms with Gasteiger partial charge in [0.15, 0.2) is 17.1 Å². The summed E-state index contributed by atoms with van der Waals surface area (Å²) < 4.78 is 12.6. The second kappa shape index (κ2) is 9.95. The van der Waals surface area contributed by atoms with Crippen LogP contribution in [0.4, 0.5) is 5.82 Å². The fourth-order valence-corrected chi connectivity index (χ4v) is 4.31. The minimum atomic E-state index is -0.282. The average molecular weight is 482 g/mol. The molecule has 3 aromatic carbocycles. The Morgan fingerprint density at radius 2 is 1.58 bits per heavy atom. The molecule has 0 spiro atoms. The van der Waals surface area contributed by atoms with Crippen LogP contribution in [0.25, 0.3) is 22.2 Å². The van der Waals surface area contributed by atoms with Gasteiger partial charge in [-0.3, -0.25) is 4.79 Å². The van der Waals surface area contributed by atoms with Gasteiger partial charge in [-0.05, 0) is 41.8 Å². The van der Waals surface area contributed by atoms with E-state index in [1.165, 1.54) is 0 Å². The van der Waals surface area contributed by atoms with Gasteiger partial charge in [0.2, 0.25) is 0 Å². The van der Waals surface area contributed by atoms with Crippen LogP contribution in [0.1, 0.15) is 21.5 Å². The smallest absolute Gasteiger partial charge is 0.257 e. The van der Waals surface area contributed by atoms with E-state index in [-0.39, 0.29) is 5.91 Å². The number of fused-ring (bicyclic) bond motifs is 2. The Hall–Kier alpha value is -4.59. The lowest BCUT2D eigenvalue weighted by atomic mass is 10.1. The molecule has 0 saturated heterocycles. The van der Waals surface area contributed by atoms with Crippen molar-refractivity contribution in [2.24, 2.45) is 0 Å². The number of nitrogens with zero attached hydrogens (tertiary/aromatic N) is 3. The van der Waals surface area contributed by atoms with Crippen molar-refractivity contribution in [1.82, 2.24) is 19.9 Å². The zero-order chi connectivity index (χ0) is 25.1. The summed E-state index contributed by atoms with van der Waals surface area (Å²) in [6.07, 6.45) is 0.647. The molecule has 182 valence electrons. The van der Waals surface area contributed by atoms with Gasteiger partial charge in [-0.2, -0.15) is 0 Å². The number of nitrogens with two attached hydrogens (primary N) is 1. The number of carbonyl (C=O) groups excluding carboxylic acids is 1. The molecule has 2 aromatic heterocycles. The van der Waals surface area contributed by atoms with Gasteiger partial charge in [0.1, 0.15) is 16.9 Å². The number of methoxy groups -OCH3 is 2. The van der Waals surface area contributed by atoms with Crippen molar-refractivity contribution >= 4 is 33.9 Å². The highest BCUT2D eigenvalue weighted by Gasteiger charge is 2.24. The van der Waals surface area contributed by atoms with Crippen LogP contribution in [0, 0.1) is 0 Å². The number of benzene rings is 3. The first kappa shape index (κ1) is 23.2. The molecule has 0 atom stereocenters. The average Bonchev–Trinajstić information content (AvgIpc) is 3.19. The van der Waals surface area contributed by atoms with Crippen LogP contribution < -0.4 is 20.5 Å². The number of amides is 1. The van der Waals surface area contributed by atoms with E-state index in [0.717, 1.165) is 16.6 Å². The van der Waals surface area contributed by atoms with E-state index in [0.29, 0.717) is 59.1 Å². The zero-order valence-electron chi connectivity index (χ0n) is 20.2. The van der Waals surface area contributed by atoms with Gasteiger partial charge in [-0.25, -0.2) is 9.97 Å². The molecule has 2 heterocycles. The highest BCUT2D eigenvalue weighted by atomic mass is 16.5. The number of ether oxygens (including phenoxy) is 2. The SMILES string of the molecule is COc1ccc(CCn2c(N)c(C(=O)NCc3ccccc3)c3nc4ccccc4nc32)cc1OC. The standard InChI is InChI=1S/C28H27N5O3/c1-35-22-13-12-18(16-23(22)36-2)14-15-33-26(29)24(28(34)30-17-19-8-4-3-5-9-19)25-27(33)32-21-11-7-6-10-20(21)31-25/h3-13,16H,14-15,17,29H2,1-2H3,(H,30,34). The maximum atomic E-state index is 13.3. The lowest BCUT2D eigenvalue weighted by Gasteiger charge is -2.11. The Balaban J connectivity index is 1.52. The number of aryl methyl sites for hydroxylation is 2. The molecule has 0 aliphatic carbocycles. The van der Waals surface area contributed by atoms with Crippen molar-refractivity contribution < 1.29 is 14.3 Å². The van der Waals surface area contributed by atoms with Gasteiger partial charge in [-0.1, -0.05) is 48.5 Å². The zero-order valence-corrected chi connectivity index (χ0v) is 20.2. The first-order valence-corrected chi connectivity index (χ1v) is 11.7. The molecule has 5 rings (SSSR count). The van der Waals surface area contributed by atoms with E-state index in [1.807, 2.05) is 77.4 Å². The molecular weight excluding hydrogens is 454 g/mol. The molecule has 0 aliphatic heterocycles. The fraction of sp³-hybridized carbons (Fsp3) is 0.179. The van der Waals surface area contributed by atoms with E-state index in [9.17, 15) is 4.79 Å². The summed E-state index contributed by atoms with van der Waals surface area (Å²) in [7, 11) is 3.22. The van der Waals surface area contributed by atoms with Crippen molar-refractivity contribution in [2.45, 2.75) is 19.5 Å². The molecule has 5 aromatic rings. The Labute approximate surface area is 208 Å². The number of para-hydroxylation sites is 2. The second-order valence-electron chi connectivity index (χ2n) is 8.40. The van der Waals surface area contributed by atoms with Gasteiger partial charge in [0, 0.05) is 13.1 Å². The third-order valence-electron chi connectivity index (χ3n) is 6.19. The van der Waals surface area contributed by atoms with Crippen molar-refractivity contribution in [3.05, 3.63) is 89.5 Å². The number of carbonyl (C=O) groups is 1. The highest BCUT2D eigenvalue weighted by Crippen LogP contribution is 2.30. The highest BCUT2D eigenvalue weighted by molar-refractivity contribution is 6.10. The van der Waals surface area contributed by atoms with E-state index in [4.69, 9.17) is 25.2 Å². The molecule has 0 radical (unpaired) electrons. The number of nitrogens with one attached hydrogen (secondary N) is 1. The summed E-state index contributed by atoms with van der Waals surface area (Å²) in [5.74, 6) is 1.39. The van der Waals surface area contributed by atoms with Crippen LogP contribution in [0.5, 0.6) is 11.5 Å². The second-order valence-corrected chi connectivity index (χ2v) is 8.40. The number of aromatic nitrogens is 3. The number of rotatable bonds is 8. The maximum Gasteiger partial charge on any atom is 0.257 e. The number of anilines is 1. The van der Waals surface area contributed by atoms with Crippen LogP contribution in [0.2, 0.25) is 0 Å². The third kappa shape index (κ3) is 4.40. The summed E-state index contributed by atoms with van der Waals surface area (Å²) in [6.45, 7) is 0.898. The molecule has 0 saturated carbocycles. The predicted octanol–water partition coefficient (Wildman–Crippen LogP) is 4.36. The monoisotopic (exact) mass is 481 g/mol.